The van der Waals surface area contributed by atoms with Crippen molar-refractivity contribution in [1.82, 2.24) is 0 Å². The van der Waals surface area contributed by atoms with Crippen LogP contribution in [0.15, 0.2) is 42.5 Å². The van der Waals surface area contributed by atoms with Gasteiger partial charge in [0.05, 0.1) is 5.56 Å². The zero-order valence-corrected chi connectivity index (χ0v) is 14.1. The molecule has 126 valence electrons. The standard InChI is InChI=1S/C18H17ClFNO3/c1-11(2)12-3-6-14(7-4-12)21-17(22)10-24-18(23)15-8-5-13(19)9-16(15)20/h3-9,11H,10H2,1-2H3,(H,21,22). The number of halogens is 2. The van der Waals surface area contributed by atoms with E-state index in [0.717, 1.165) is 11.6 Å². The number of ether oxygens (including phenoxy) is 1. The maximum atomic E-state index is 13.6. The van der Waals surface area contributed by atoms with E-state index >= 15 is 0 Å². The molecular weight excluding hydrogens is 333 g/mol. The molecule has 0 spiro atoms. The van der Waals surface area contributed by atoms with Crippen molar-refractivity contribution >= 4 is 29.2 Å². The SMILES string of the molecule is CC(C)c1ccc(NC(=O)COC(=O)c2ccc(Cl)cc2F)cc1. The van der Waals surface area contributed by atoms with Gasteiger partial charge in [0.15, 0.2) is 6.61 Å². The Morgan fingerprint density at radius 1 is 1.17 bits per heavy atom. The summed E-state index contributed by atoms with van der Waals surface area (Å²) in [5.74, 6) is -1.83. The second-order valence-electron chi connectivity index (χ2n) is 5.53. The summed E-state index contributed by atoms with van der Waals surface area (Å²) < 4.78 is 18.4. The summed E-state index contributed by atoms with van der Waals surface area (Å²) in [5.41, 5.74) is 1.48. The van der Waals surface area contributed by atoms with Crippen LogP contribution < -0.4 is 5.32 Å². The largest absolute Gasteiger partial charge is 0.452 e. The Bertz CT molecular complexity index is 744. The van der Waals surface area contributed by atoms with E-state index in [4.69, 9.17) is 16.3 Å². The molecule has 0 aliphatic heterocycles. The van der Waals surface area contributed by atoms with Crippen LogP contribution in [0.3, 0.4) is 0 Å². The van der Waals surface area contributed by atoms with Crippen molar-refractivity contribution < 1.29 is 18.7 Å². The number of nitrogens with one attached hydrogen (secondary N) is 1. The average molecular weight is 350 g/mol. The zero-order chi connectivity index (χ0) is 17.7. The van der Waals surface area contributed by atoms with Gasteiger partial charge in [-0.3, -0.25) is 4.79 Å². The summed E-state index contributed by atoms with van der Waals surface area (Å²) in [6.07, 6.45) is 0. The number of rotatable bonds is 5. The maximum Gasteiger partial charge on any atom is 0.341 e. The minimum absolute atomic E-state index is 0.173. The molecule has 0 saturated carbocycles. The number of esters is 1. The van der Waals surface area contributed by atoms with Gasteiger partial charge in [0.25, 0.3) is 5.91 Å². The lowest BCUT2D eigenvalue weighted by atomic mass is 10.0. The first-order valence-electron chi connectivity index (χ1n) is 7.39. The molecule has 1 amide bonds. The second kappa shape index (κ2) is 7.93. The van der Waals surface area contributed by atoms with Crippen molar-refractivity contribution in [2.75, 3.05) is 11.9 Å². The summed E-state index contributed by atoms with van der Waals surface area (Å²) in [6.45, 7) is 3.64. The monoisotopic (exact) mass is 349 g/mol. The maximum absolute atomic E-state index is 13.6. The Morgan fingerprint density at radius 3 is 2.42 bits per heavy atom. The zero-order valence-electron chi connectivity index (χ0n) is 13.3. The average Bonchev–Trinajstić information content (AvgIpc) is 2.53. The van der Waals surface area contributed by atoms with Crippen molar-refractivity contribution in [2.24, 2.45) is 0 Å². The predicted molar refractivity (Wildman–Crippen MR) is 90.9 cm³/mol. The minimum atomic E-state index is -0.922. The van der Waals surface area contributed by atoms with Gasteiger partial charge >= 0.3 is 5.97 Å². The molecule has 0 fully saturated rings. The van der Waals surface area contributed by atoms with Crippen molar-refractivity contribution in [3.8, 4) is 0 Å². The summed E-state index contributed by atoms with van der Waals surface area (Å²) in [5, 5.41) is 2.78. The van der Waals surface area contributed by atoms with Crippen molar-refractivity contribution in [3.63, 3.8) is 0 Å². The Morgan fingerprint density at radius 2 is 1.83 bits per heavy atom. The lowest BCUT2D eigenvalue weighted by Crippen LogP contribution is -2.21. The molecule has 2 rings (SSSR count). The van der Waals surface area contributed by atoms with E-state index in [1.165, 1.54) is 12.1 Å². The van der Waals surface area contributed by atoms with Crippen LogP contribution >= 0.6 is 11.6 Å². The summed E-state index contributed by atoms with van der Waals surface area (Å²) >= 11 is 5.61. The fourth-order valence-electron chi connectivity index (χ4n) is 2.01. The van der Waals surface area contributed by atoms with E-state index in [-0.39, 0.29) is 10.6 Å². The van der Waals surface area contributed by atoms with Gasteiger partial charge in [-0.2, -0.15) is 0 Å². The van der Waals surface area contributed by atoms with Crippen LogP contribution in [0.25, 0.3) is 0 Å². The van der Waals surface area contributed by atoms with E-state index in [9.17, 15) is 14.0 Å². The highest BCUT2D eigenvalue weighted by Crippen LogP contribution is 2.17. The highest BCUT2D eigenvalue weighted by Gasteiger charge is 2.15. The van der Waals surface area contributed by atoms with Crippen molar-refractivity contribution in [2.45, 2.75) is 19.8 Å². The van der Waals surface area contributed by atoms with Gasteiger partial charge in [-0.05, 0) is 41.8 Å². The lowest BCUT2D eigenvalue weighted by molar-refractivity contribution is -0.119. The Hall–Kier alpha value is -2.40. The molecule has 0 aromatic heterocycles. The molecule has 0 bridgehead atoms. The number of carbonyl (C=O) groups excluding carboxylic acids is 2. The molecule has 1 N–H and O–H groups in total. The molecule has 0 aliphatic rings. The summed E-state index contributed by atoms with van der Waals surface area (Å²) in [4.78, 5) is 23.6. The van der Waals surface area contributed by atoms with Crippen LogP contribution in [-0.2, 0) is 9.53 Å². The first-order valence-corrected chi connectivity index (χ1v) is 7.76. The highest BCUT2D eigenvalue weighted by molar-refractivity contribution is 6.30. The third-order valence-electron chi connectivity index (χ3n) is 3.35. The Kier molecular flexibility index (Phi) is 5.93. The van der Waals surface area contributed by atoms with E-state index in [2.05, 4.69) is 19.2 Å². The second-order valence-corrected chi connectivity index (χ2v) is 5.96. The molecule has 0 heterocycles. The van der Waals surface area contributed by atoms with Gasteiger partial charge in [0, 0.05) is 10.7 Å². The topological polar surface area (TPSA) is 55.4 Å². The fourth-order valence-corrected chi connectivity index (χ4v) is 2.17. The van der Waals surface area contributed by atoms with Crippen LogP contribution in [0.5, 0.6) is 0 Å². The molecule has 0 atom stereocenters. The van der Waals surface area contributed by atoms with Gasteiger partial charge in [0.2, 0.25) is 0 Å². The summed E-state index contributed by atoms with van der Waals surface area (Å²) in [6, 6.07) is 11.0. The molecule has 2 aromatic carbocycles. The minimum Gasteiger partial charge on any atom is -0.452 e. The van der Waals surface area contributed by atoms with Gasteiger partial charge in [-0.1, -0.05) is 37.6 Å². The van der Waals surface area contributed by atoms with E-state index in [1.807, 2.05) is 12.1 Å². The fraction of sp³-hybridized carbons (Fsp3) is 0.222. The molecule has 0 aliphatic carbocycles. The number of amides is 1. The Balaban J connectivity index is 1.89. The molecule has 0 radical (unpaired) electrons. The molecule has 2 aromatic rings. The molecule has 0 unspecified atom stereocenters. The third-order valence-corrected chi connectivity index (χ3v) is 3.58. The number of hydrogen-bond acceptors (Lipinski definition) is 3. The predicted octanol–water partition coefficient (Wildman–Crippen LogP) is 4.40. The van der Waals surface area contributed by atoms with E-state index < -0.39 is 24.3 Å². The van der Waals surface area contributed by atoms with Crippen LogP contribution in [0.2, 0.25) is 5.02 Å². The normalized spacial score (nSPS) is 10.5. The van der Waals surface area contributed by atoms with Crippen LogP contribution in [-0.4, -0.2) is 18.5 Å². The Labute approximate surface area is 144 Å². The van der Waals surface area contributed by atoms with Crippen molar-refractivity contribution in [1.29, 1.82) is 0 Å². The van der Waals surface area contributed by atoms with Gasteiger partial charge in [0.1, 0.15) is 5.82 Å². The number of benzene rings is 2. The van der Waals surface area contributed by atoms with Crippen LogP contribution in [0.1, 0.15) is 35.7 Å². The van der Waals surface area contributed by atoms with Gasteiger partial charge in [-0.15, -0.1) is 0 Å². The highest BCUT2D eigenvalue weighted by atomic mass is 35.5. The van der Waals surface area contributed by atoms with Crippen molar-refractivity contribution in [3.05, 3.63) is 64.4 Å². The number of hydrogen-bond donors (Lipinski definition) is 1. The quantitative estimate of drug-likeness (QED) is 0.814. The van der Waals surface area contributed by atoms with Crippen LogP contribution in [0.4, 0.5) is 10.1 Å². The third kappa shape index (κ3) is 4.80. The van der Waals surface area contributed by atoms with E-state index in [0.29, 0.717) is 11.6 Å². The first kappa shape index (κ1) is 17.9. The molecule has 24 heavy (non-hydrogen) atoms. The number of carbonyl (C=O) groups is 2. The molecular formula is C18H17ClFNO3. The smallest absolute Gasteiger partial charge is 0.341 e. The van der Waals surface area contributed by atoms with Crippen LogP contribution in [0, 0.1) is 5.82 Å². The van der Waals surface area contributed by atoms with Gasteiger partial charge < -0.3 is 10.1 Å². The van der Waals surface area contributed by atoms with E-state index in [1.54, 1.807) is 12.1 Å². The first-order chi connectivity index (χ1) is 11.4. The van der Waals surface area contributed by atoms with Gasteiger partial charge in [-0.25, -0.2) is 9.18 Å². The molecule has 4 nitrogen and oxygen atoms in total. The molecule has 0 saturated heterocycles. The summed E-state index contributed by atoms with van der Waals surface area (Å²) in [7, 11) is 0. The lowest BCUT2D eigenvalue weighted by Gasteiger charge is -2.09. The molecule has 6 heteroatoms. The number of anilines is 1.